The molecular weight excluding hydrogens is 326 g/mol. The minimum Gasteiger partial charge on any atom is -0.463 e. The van der Waals surface area contributed by atoms with E-state index in [1.54, 1.807) is 6.07 Å². The third-order valence-corrected chi connectivity index (χ3v) is 4.22. The van der Waals surface area contributed by atoms with Crippen LogP contribution in [0.1, 0.15) is 6.92 Å². The molecule has 25 heavy (non-hydrogen) atoms. The molecule has 0 spiro atoms. The summed E-state index contributed by atoms with van der Waals surface area (Å²) < 4.78 is 11.4. The Balaban J connectivity index is 1.86. The molecule has 0 saturated carbocycles. The van der Waals surface area contributed by atoms with Gasteiger partial charge in [0.25, 0.3) is 0 Å². The summed E-state index contributed by atoms with van der Waals surface area (Å²) in [6.45, 7) is 0.812. The molecule has 1 saturated heterocycles. The maximum atomic E-state index is 11.4. The Kier molecular flexibility index (Phi) is 5.19. The maximum Gasteiger partial charge on any atom is 0.223 e. The lowest BCUT2D eigenvalue weighted by molar-refractivity contribution is -0.244. The molecule has 0 bridgehead atoms. The molecule has 0 unspecified atom stereocenters. The minimum atomic E-state index is -1.33. The van der Waals surface area contributed by atoms with Crippen molar-refractivity contribution in [1.29, 1.82) is 0 Å². The smallest absolute Gasteiger partial charge is 0.223 e. The number of hydrogen-bond acceptors (Lipinski definition) is 6. The third kappa shape index (κ3) is 3.74. The van der Waals surface area contributed by atoms with Crippen molar-refractivity contribution in [2.75, 3.05) is 6.61 Å². The molecule has 1 aliphatic rings. The summed E-state index contributed by atoms with van der Waals surface area (Å²) in [6, 6.07) is 12.2. The zero-order valence-corrected chi connectivity index (χ0v) is 13.7. The van der Waals surface area contributed by atoms with E-state index in [0.29, 0.717) is 5.75 Å². The van der Waals surface area contributed by atoms with Crippen LogP contribution >= 0.6 is 0 Å². The number of ether oxygens (including phenoxy) is 2. The molecule has 4 N–H and O–H groups in total. The van der Waals surface area contributed by atoms with Crippen molar-refractivity contribution in [3.05, 3.63) is 42.5 Å². The molecule has 7 heteroatoms. The van der Waals surface area contributed by atoms with Crippen LogP contribution in [-0.4, -0.2) is 58.5 Å². The van der Waals surface area contributed by atoms with Gasteiger partial charge in [0.2, 0.25) is 12.2 Å². The van der Waals surface area contributed by atoms with Crippen molar-refractivity contribution >= 4 is 16.7 Å². The van der Waals surface area contributed by atoms with Crippen LogP contribution in [0.15, 0.2) is 42.5 Å². The van der Waals surface area contributed by atoms with E-state index in [-0.39, 0.29) is 0 Å². The first-order valence-corrected chi connectivity index (χ1v) is 8.04. The van der Waals surface area contributed by atoms with Crippen molar-refractivity contribution in [3.63, 3.8) is 0 Å². The molecule has 2 aromatic carbocycles. The van der Waals surface area contributed by atoms with Gasteiger partial charge in [-0.3, -0.25) is 4.79 Å². The van der Waals surface area contributed by atoms with Crippen molar-refractivity contribution in [1.82, 2.24) is 5.32 Å². The number of nitrogens with one attached hydrogen (secondary N) is 1. The first kappa shape index (κ1) is 17.6. The summed E-state index contributed by atoms with van der Waals surface area (Å²) in [7, 11) is 0. The summed E-state index contributed by atoms with van der Waals surface area (Å²) >= 11 is 0. The van der Waals surface area contributed by atoms with Crippen molar-refractivity contribution < 1.29 is 29.6 Å². The number of amides is 1. The number of aliphatic hydroxyl groups excluding tert-OH is 3. The Hall–Kier alpha value is -2.19. The molecule has 0 aliphatic carbocycles. The number of carbonyl (C=O) groups excluding carboxylic acids is 1. The highest BCUT2D eigenvalue weighted by Crippen LogP contribution is 2.26. The summed E-state index contributed by atoms with van der Waals surface area (Å²) in [5, 5.41) is 34.2. The Morgan fingerprint density at radius 1 is 1.16 bits per heavy atom. The second kappa shape index (κ2) is 7.37. The van der Waals surface area contributed by atoms with E-state index >= 15 is 0 Å². The fourth-order valence-corrected chi connectivity index (χ4v) is 2.95. The molecule has 0 radical (unpaired) electrons. The quantitative estimate of drug-likeness (QED) is 0.628. The van der Waals surface area contributed by atoms with E-state index in [1.165, 1.54) is 6.92 Å². The summed E-state index contributed by atoms with van der Waals surface area (Å²) in [6.07, 6.45) is -4.73. The van der Waals surface area contributed by atoms with Crippen LogP contribution in [0.5, 0.6) is 5.75 Å². The average Bonchev–Trinajstić information content (AvgIpc) is 2.61. The fraction of sp³-hybridized carbons (Fsp3) is 0.389. The van der Waals surface area contributed by atoms with E-state index in [4.69, 9.17) is 9.47 Å². The van der Waals surface area contributed by atoms with Crippen LogP contribution in [0.25, 0.3) is 10.8 Å². The van der Waals surface area contributed by atoms with Crippen LogP contribution in [-0.2, 0) is 9.53 Å². The van der Waals surface area contributed by atoms with Gasteiger partial charge in [0.1, 0.15) is 30.1 Å². The molecule has 3 rings (SSSR count). The van der Waals surface area contributed by atoms with Crippen LogP contribution in [0, 0.1) is 0 Å². The number of benzene rings is 2. The third-order valence-electron chi connectivity index (χ3n) is 4.22. The normalized spacial score (nSPS) is 29.4. The van der Waals surface area contributed by atoms with Gasteiger partial charge in [-0.15, -0.1) is 0 Å². The predicted molar refractivity (Wildman–Crippen MR) is 89.9 cm³/mol. The second-order valence-corrected chi connectivity index (χ2v) is 6.06. The molecule has 2 aromatic rings. The minimum absolute atomic E-state index is 0.394. The molecular formula is C18H21NO6. The van der Waals surface area contributed by atoms with Gasteiger partial charge in [0, 0.05) is 6.92 Å². The van der Waals surface area contributed by atoms with Gasteiger partial charge in [0.05, 0.1) is 6.61 Å². The number of rotatable bonds is 4. The van der Waals surface area contributed by atoms with Crippen molar-refractivity contribution in [3.8, 4) is 5.75 Å². The predicted octanol–water partition coefficient (Wildman–Crippen LogP) is 0.162. The number of aliphatic hydroxyl groups is 3. The highest BCUT2D eigenvalue weighted by molar-refractivity contribution is 5.83. The van der Waals surface area contributed by atoms with Gasteiger partial charge in [-0.2, -0.15) is 0 Å². The van der Waals surface area contributed by atoms with Crippen molar-refractivity contribution in [2.45, 2.75) is 37.6 Å². The highest BCUT2D eigenvalue weighted by atomic mass is 16.7. The number of carbonyl (C=O) groups is 1. The van der Waals surface area contributed by atoms with E-state index in [9.17, 15) is 20.1 Å². The van der Waals surface area contributed by atoms with Gasteiger partial charge in [-0.25, -0.2) is 0 Å². The van der Waals surface area contributed by atoms with Gasteiger partial charge in [-0.05, 0) is 22.9 Å². The van der Waals surface area contributed by atoms with Gasteiger partial charge < -0.3 is 30.1 Å². The SMILES string of the molecule is CC(=O)N[C@@H]1[C@H](Oc2ccc3ccccc3c2)O[C@H](CO)[C@H](O)[C@@H]1O. The molecule has 7 nitrogen and oxygen atoms in total. The molecule has 134 valence electrons. The lowest BCUT2D eigenvalue weighted by Gasteiger charge is -2.42. The molecule has 1 amide bonds. The lowest BCUT2D eigenvalue weighted by Crippen LogP contribution is -2.65. The van der Waals surface area contributed by atoms with Crippen molar-refractivity contribution in [2.24, 2.45) is 0 Å². The summed E-state index contributed by atoms with van der Waals surface area (Å²) in [4.78, 5) is 11.4. The van der Waals surface area contributed by atoms with Crippen LogP contribution in [0.3, 0.4) is 0 Å². The Morgan fingerprint density at radius 2 is 1.88 bits per heavy atom. The standard InChI is InChI=1S/C18H21NO6/c1-10(21)19-15-17(23)16(22)14(9-20)25-18(15)24-13-7-6-11-4-2-3-5-12(11)8-13/h2-8,14-18,20,22-23H,9H2,1H3,(H,19,21)/t14-,15+,16+,17-,18-/m1/s1. The first-order valence-electron chi connectivity index (χ1n) is 8.04. The zero-order chi connectivity index (χ0) is 18.0. The summed E-state index contributed by atoms with van der Waals surface area (Å²) in [5.74, 6) is 0.0914. The molecule has 1 heterocycles. The molecule has 1 aliphatic heterocycles. The first-order chi connectivity index (χ1) is 12.0. The molecule has 1 fully saturated rings. The summed E-state index contributed by atoms with van der Waals surface area (Å²) in [5.41, 5.74) is 0. The maximum absolute atomic E-state index is 11.4. The Morgan fingerprint density at radius 3 is 2.56 bits per heavy atom. The van der Waals surface area contributed by atoms with E-state index in [1.807, 2.05) is 36.4 Å². The largest absolute Gasteiger partial charge is 0.463 e. The molecule has 5 atom stereocenters. The van der Waals surface area contributed by atoms with E-state index < -0.39 is 43.2 Å². The van der Waals surface area contributed by atoms with Crippen LogP contribution in [0.2, 0.25) is 0 Å². The number of fused-ring (bicyclic) bond motifs is 1. The topological polar surface area (TPSA) is 108 Å². The molecule has 0 aromatic heterocycles. The monoisotopic (exact) mass is 347 g/mol. The van der Waals surface area contributed by atoms with Gasteiger partial charge in [-0.1, -0.05) is 30.3 Å². The van der Waals surface area contributed by atoms with E-state index in [0.717, 1.165) is 10.8 Å². The van der Waals surface area contributed by atoms with E-state index in [2.05, 4.69) is 5.32 Å². The number of hydrogen-bond donors (Lipinski definition) is 4. The van der Waals surface area contributed by atoms with Gasteiger partial charge in [0.15, 0.2) is 0 Å². The average molecular weight is 347 g/mol. The fourth-order valence-electron chi connectivity index (χ4n) is 2.95. The van der Waals surface area contributed by atoms with Crippen LogP contribution < -0.4 is 10.1 Å². The lowest BCUT2D eigenvalue weighted by atomic mass is 9.97. The Labute approximate surface area is 144 Å². The Bertz CT molecular complexity index is 751. The highest BCUT2D eigenvalue weighted by Gasteiger charge is 2.46. The zero-order valence-electron chi connectivity index (χ0n) is 13.7. The second-order valence-electron chi connectivity index (χ2n) is 6.06. The van der Waals surface area contributed by atoms with Gasteiger partial charge >= 0.3 is 0 Å². The van der Waals surface area contributed by atoms with Crippen LogP contribution in [0.4, 0.5) is 0 Å².